The largest absolute Gasteiger partial charge is 0.435 e. The van der Waals surface area contributed by atoms with Crippen LogP contribution in [0, 0.1) is 18.6 Å². The second-order valence-corrected chi connectivity index (χ2v) is 8.22. The van der Waals surface area contributed by atoms with Gasteiger partial charge in [0.15, 0.2) is 11.4 Å². The smallest absolute Gasteiger partial charge is 0.266 e. The Morgan fingerprint density at radius 1 is 1.13 bits per heavy atom. The van der Waals surface area contributed by atoms with Crippen molar-refractivity contribution in [3.63, 3.8) is 0 Å². The lowest BCUT2D eigenvalue weighted by Gasteiger charge is -2.13. The normalized spacial score (nSPS) is 12.1. The average Bonchev–Trinajstić information content (AvgIpc) is 3.08. The fourth-order valence-corrected chi connectivity index (χ4v) is 3.91. The summed E-state index contributed by atoms with van der Waals surface area (Å²) in [6.45, 7) is 1.64. The molecule has 14 heteroatoms. The highest BCUT2D eigenvalue weighted by Crippen LogP contribution is 2.34. The first-order valence-electron chi connectivity index (χ1n) is 8.13. The fourth-order valence-electron chi connectivity index (χ4n) is 2.55. The van der Waals surface area contributed by atoms with Crippen LogP contribution in [0.4, 0.5) is 22.0 Å². The molecule has 0 fully saturated rings. The third-order valence-electron chi connectivity index (χ3n) is 3.90. The molecule has 2 aromatic carbocycles. The van der Waals surface area contributed by atoms with Gasteiger partial charge >= 0.3 is 6.18 Å². The summed E-state index contributed by atoms with van der Waals surface area (Å²) in [6.07, 6.45) is -5.21. The van der Waals surface area contributed by atoms with E-state index in [0.29, 0.717) is 17.7 Å². The summed E-state index contributed by atoms with van der Waals surface area (Å²) in [5, 5.41) is 6.26. The van der Waals surface area contributed by atoms with Gasteiger partial charge in [-0.3, -0.25) is 4.79 Å². The minimum atomic E-state index is -5.21. The van der Waals surface area contributed by atoms with Gasteiger partial charge in [0.2, 0.25) is 0 Å². The van der Waals surface area contributed by atoms with Gasteiger partial charge in [-0.15, -0.1) is 5.10 Å². The van der Waals surface area contributed by atoms with Crippen molar-refractivity contribution >= 4 is 27.5 Å². The van der Waals surface area contributed by atoms with E-state index in [9.17, 15) is 35.2 Å². The number of hydrogen-bond donors (Lipinski definition) is 1. The number of aromatic nitrogens is 3. The van der Waals surface area contributed by atoms with Crippen LogP contribution < -0.4 is 4.72 Å². The number of sulfonamides is 1. The van der Waals surface area contributed by atoms with Crippen LogP contribution in [0.3, 0.4) is 0 Å². The van der Waals surface area contributed by atoms with Crippen LogP contribution in [-0.4, -0.2) is 29.3 Å². The Labute approximate surface area is 176 Å². The molecule has 164 valence electrons. The van der Waals surface area contributed by atoms with Crippen molar-refractivity contribution in [3.05, 3.63) is 70.0 Å². The zero-order valence-electron chi connectivity index (χ0n) is 15.2. The molecule has 0 radical (unpaired) electrons. The molecule has 3 aromatic rings. The van der Waals surface area contributed by atoms with Crippen LogP contribution in [0.2, 0.25) is 5.02 Å². The van der Waals surface area contributed by atoms with Crippen molar-refractivity contribution in [2.24, 2.45) is 0 Å². The molecule has 0 bridgehead atoms. The third kappa shape index (κ3) is 4.51. The van der Waals surface area contributed by atoms with E-state index in [-0.39, 0.29) is 21.5 Å². The number of carbonyl (C=O) groups is 1. The zero-order valence-corrected chi connectivity index (χ0v) is 16.8. The van der Waals surface area contributed by atoms with Gasteiger partial charge in [0.05, 0.1) is 10.7 Å². The predicted octanol–water partition coefficient (Wildman–Crippen LogP) is 3.64. The van der Waals surface area contributed by atoms with E-state index < -0.39 is 50.0 Å². The molecule has 3 rings (SSSR count). The molecular formula is C17H10ClF5N4O3S. The number of alkyl halides is 3. The first-order chi connectivity index (χ1) is 14.3. The molecule has 0 spiro atoms. The summed E-state index contributed by atoms with van der Waals surface area (Å²) in [7, 11) is -5.08. The number of halogens is 6. The molecule has 0 aliphatic carbocycles. The summed E-state index contributed by atoms with van der Waals surface area (Å²) in [6, 6.07) is 5.33. The van der Waals surface area contributed by atoms with Crippen molar-refractivity contribution in [2.45, 2.75) is 18.0 Å². The molecule has 0 unspecified atom stereocenters. The molecule has 0 saturated carbocycles. The predicted molar refractivity (Wildman–Crippen MR) is 97.1 cm³/mol. The third-order valence-corrected chi connectivity index (χ3v) is 5.54. The molecule has 1 heterocycles. The highest BCUT2D eigenvalue weighted by molar-refractivity contribution is 7.90. The second-order valence-electron chi connectivity index (χ2n) is 6.16. The SMILES string of the molecule is Cc1ccc(-n2nnc(C(=O)NS(=O)(=O)c3cc(F)ccc3F)c2C(F)(F)F)c(Cl)c1. The Balaban J connectivity index is 2.08. The summed E-state index contributed by atoms with van der Waals surface area (Å²) in [4.78, 5) is 11.1. The Morgan fingerprint density at radius 3 is 2.42 bits per heavy atom. The summed E-state index contributed by atoms with van der Waals surface area (Å²) < 4.78 is 94.0. The van der Waals surface area contributed by atoms with Crippen molar-refractivity contribution in [1.82, 2.24) is 19.7 Å². The van der Waals surface area contributed by atoms with E-state index >= 15 is 0 Å². The van der Waals surface area contributed by atoms with Crippen LogP contribution in [0.15, 0.2) is 41.3 Å². The number of benzene rings is 2. The lowest BCUT2D eigenvalue weighted by molar-refractivity contribution is -0.143. The molecular weight excluding hydrogens is 471 g/mol. The maximum absolute atomic E-state index is 13.8. The number of nitrogens with one attached hydrogen (secondary N) is 1. The zero-order chi connectivity index (χ0) is 23.1. The van der Waals surface area contributed by atoms with Crippen LogP contribution in [0.5, 0.6) is 0 Å². The highest BCUT2D eigenvalue weighted by Gasteiger charge is 2.43. The monoisotopic (exact) mass is 480 g/mol. The van der Waals surface area contributed by atoms with Gasteiger partial charge < -0.3 is 0 Å². The van der Waals surface area contributed by atoms with E-state index in [1.165, 1.54) is 22.9 Å². The van der Waals surface area contributed by atoms with Gasteiger partial charge in [-0.25, -0.2) is 26.6 Å². The molecule has 31 heavy (non-hydrogen) atoms. The van der Waals surface area contributed by atoms with Crippen molar-refractivity contribution in [1.29, 1.82) is 0 Å². The number of nitrogens with zero attached hydrogens (tertiary/aromatic N) is 3. The van der Waals surface area contributed by atoms with Crippen LogP contribution >= 0.6 is 11.6 Å². The fraction of sp³-hybridized carbons (Fsp3) is 0.118. The van der Waals surface area contributed by atoms with Gasteiger partial charge in [0.25, 0.3) is 15.9 Å². The maximum atomic E-state index is 13.8. The minimum absolute atomic E-state index is 0.142. The first kappa shape index (κ1) is 22.6. The Kier molecular flexibility index (Phi) is 5.76. The maximum Gasteiger partial charge on any atom is 0.435 e. The summed E-state index contributed by atoms with van der Waals surface area (Å²) >= 11 is 5.96. The van der Waals surface area contributed by atoms with E-state index in [2.05, 4.69) is 10.3 Å². The first-order valence-corrected chi connectivity index (χ1v) is 9.99. The lowest BCUT2D eigenvalue weighted by Crippen LogP contribution is -2.33. The topological polar surface area (TPSA) is 93.9 Å². The molecule has 1 N–H and O–H groups in total. The van der Waals surface area contributed by atoms with Gasteiger partial charge in [0, 0.05) is 0 Å². The van der Waals surface area contributed by atoms with Gasteiger partial charge in [-0.2, -0.15) is 13.2 Å². The number of rotatable bonds is 4. The summed E-state index contributed by atoms with van der Waals surface area (Å²) in [5.74, 6) is -4.43. The van der Waals surface area contributed by atoms with Crippen LogP contribution in [0.1, 0.15) is 21.7 Å². The lowest BCUT2D eigenvalue weighted by atomic mass is 10.2. The molecule has 1 aromatic heterocycles. The van der Waals surface area contributed by atoms with Crippen molar-refractivity contribution in [2.75, 3.05) is 0 Å². The highest BCUT2D eigenvalue weighted by atomic mass is 35.5. The minimum Gasteiger partial charge on any atom is -0.266 e. The molecule has 0 atom stereocenters. The summed E-state index contributed by atoms with van der Waals surface area (Å²) in [5.41, 5.74) is -2.77. The van der Waals surface area contributed by atoms with E-state index in [0.717, 1.165) is 0 Å². The molecule has 7 nitrogen and oxygen atoms in total. The van der Waals surface area contributed by atoms with E-state index in [4.69, 9.17) is 11.6 Å². The molecule has 0 aliphatic rings. The van der Waals surface area contributed by atoms with Gasteiger partial charge in [-0.1, -0.05) is 22.9 Å². The molecule has 0 saturated heterocycles. The van der Waals surface area contributed by atoms with Crippen molar-refractivity contribution in [3.8, 4) is 5.69 Å². The molecule has 0 aliphatic heterocycles. The van der Waals surface area contributed by atoms with E-state index in [1.54, 1.807) is 6.92 Å². The van der Waals surface area contributed by atoms with Crippen LogP contribution in [-0.2, 0) is 16.2 Å². The van der Waals surface area contributed by atoms with E-state index in [1.807, 2.05) is 0 Å². The number of amides is 1. The Hall–Kier alpha value is -3.06. The van der Waals surface area contributed by atoms with Crippen LogP contribution in [0.25, 0.3) is 5.69 Å². The number of hydrogen-bond acceptors (Lipinski definition) is 5. The quantitative estimate of drug-likeness (QED) is 0.575. The van der Waals surface area contributed by atoms with Gasteiger partial charge in [0.1, 0.15) is 16.5 Å². The Bertz CT molecular complexity index is 1290. The van der Waals surface area contributed by atoms with Crippen molar-refractivity contribution < 1.29 is 35.2 Å². The standard InChI is InChI=1S/C17H10ClF5N4O3S/c1-8-2-5-12(10(18)6-8)27-15(17(21,22)23)14(24-26-27)16(28)25-31(29,30)13-7-9(19)3-4-11(13)20/h2-7H,1H3,(H,25,28). The Morgan fingerprint density at radius 2 is 1.81 bits per heavy atom. The second kappa shape index (κ2) is 7.89. The number of aryl methyl sites for hydroxylation is 1. The number of carbonyl (C=O) groups excluding carboxylic acids is 1. The van der Waals surface area contributed by atoms with Gasteiger partial charge in [-0.05, 0) is 42.8 Å². The molecule has 1 amide bonds. The average molecular weight is 481 g/mol.